The Morgan fingerprint density at radius 3 is 2.60 bits per heavy atom. The van der Waals surface area contributed by atoms with E-state index in [0.29, 0.717) is 41.6 Å². The molecular formula is C22H31N3O5. The number of fused-ring (bicyclic) bond motifs is 1. The molecule has 0 bridgehead atoms. The number of rotatable bonds is 7. The SMILES string of the molecule is CC(=O)c1cc2c(cc1NC(=O)CN(C)C1CCCN(C(=O)CC(C)C)C1)OCO2. The first-order valence-electron chi connectivity index (χ1n) is 10.5. The maximum Gasteiger partial charge on any atom is 0.238 e. The van der Waals surface area contributed by atoms with Crippen molar-refractivity contribution in [3.63, 3.8) is 0 Å². The van der Waals surface area contributed by atoms with E-state index in [9.17, 15) is 14.4 Å². The number of amides is 2. The minimum absolute atomic E-state index is 0.0977. The van der Waals surface area contributed by atoms with Crippen LogP contribution in [0, 0.1) is 5.92 Å². The molecule has 1 aromatic carbocycles. The molecule has 0 aromatic heterocycles. The number of Topliss-reactive ketones (excluding diaryl/α,β-unsaturated/α-hetero) is 1. The fraction of sp³-hybridized carbons (Fsp3) is 0.591. The number of ketones is 1. The number of hydrogen-bond donors (Lipinski definition) is 1. The van der Waals surface area contributed by atoms with Crippen molar-refractivity contribution < 1.29 is 23.9 Å². The van der Waals surface area contributed by atoms with Gasteiger partial charge in [-0.3, -0.25) is 19.3 Å². The largest absolute Gasteiger partial charge is 0.454 e. The number of carbonyl (C=O) groups excluding carboxylic acids is 3. The highest BCUT2D eigenvalue weighted by molar-refractivity contribution is 6.05. The zero-order chi connectivity index (χ0) is 21.8. The fourth-order valence-electron chi connectivity index (χ4n) is 3.90. The lowest BCUT2D eigenvalue weighted by molar-refractivity contribution is -0.134. The molecule has 1 atom stereocenters. The molecule has 164 valence electrons. The number of benzene rings is 1. The van der Waals surface area contributed by atoms with Gasteiger partial charge in [0.25, 0.3) is 0 Å². The van der Waals surface area contributed by atoms with Gasteiger partial charge in [0.05, 0.1) is 12.2 Å². The molecule has 2 aliphatic heterocycles. The van der Waals surface area contributed by atoms with Crippen LogP contribution >= 0.6 is 0 Å². The molecule has 2 heterocycles. The van der Waals surface area contributed by atoms with Crippen molar-refractivity contribution in [2.45, 2.75) is 46.1 Å². The van der Waals surface area contributed by atoms with Crippen LogP contribution in [0.15, 0.2) is 12.1 Å². The highest BCUT2D eigenvalue weighted by atomic mass is 16.7. The first-order chi connectivity index (χ1) is 14.2. The molecule has 8 nitrogen and oxygen atoms in total. The number of likely N-dealkylation sites (tertiary alicyclic amines) is 1. The molecular weight excluding hydrogens is 386 g/mol. The number of nitrogens with one attached hydrogen (secondary N) is 1. The summed E-state index contributed by atoms with van der Waals surface area (Å²) in [6.45, 7) is 7.22. The van der Waals surface area contributed by atoms with E-state index in [1.54, 1.807) is 12.1 Å². The van der Waals surface area contributed by atoms with Gasteiger partial charge in [-0.2, -0.15) is 0 Å². The molecule has 0 aliphatic carbocycles. The average Bonchev–Trinajstić information content (AvgIpc) is 3.14. The van der Waals surface area contributed by atoms with Crippen LogP contribution in [0.25, 0.3) is 0 Å². The zero-order valence-electron chi connectivity index (χ0n) is 18.2. The van der Waals surface area contributed by atoms with E-state index in [1.165, 1.54) is 6.92 Å². The maximum atomic E-state index is 12.7. The summed E-state index contributed by atoms with van der Waals surface area (Å²) in [6.07, 6.45) is 2.42. The van der Waals surface area contributed by atoms with Crippen LogP contribution in [0.4, 0.5) is 5.69 Å². The first-order valence-corrected chi connectivity index (χ1v) is 10.5. The van der Waals surface area contributed by atoms with Gasteiger partial charge in [0.1, 0.15) is 0 Å². The molecule has 1 aromatic rings. The molecule has 1 saturated heterocycles. The van der Waals surface area contributed by atoms with Crippen molar-refractivity contribution in [2.75, 3.05) is 38.8 Å². The Hall–Kier alpha value is -2.61. The number of piperidine rings is 1. The minimum Gasteiger partial charge on any atom is -0.454 e. The predicted molar refractivity (Wildman–Crippen MR) is 113 cm³/mol. The number of carbonyl (C=O) groups is 3. The smallest absolute Gasteiger partial charge is 0.238 e. The van der Waals surface area contributed by atoms with Gasteiger partial charge < -0.3 is 19.7 Å². The molecule has 1 N–H and O–H groups in total. The van der Waals surface area contributed by atoms with Gasteiger partial charge in [-0.25, -0.2) is 0 Å². The van der Waals surface area contributed by atoms with Crippen LogP contribution in [-0.4, -0.2) is 66.9 Å². The molecule has 30 heavy (non-hydrogen) atoms. The third kappa shape index (κ3) is 5.30. The zero-order valence-corrected chi connectivity index (χ0v) is 18.2. The lowest BCUT2D eigenvalue weighted by Gasteiger charge is -2.37. The van der Waals surface area contributed by atoms with E-state index >= 15 is 0 Å². The fourth-order valence-corrected chi connectivity index (χ4v) is 3.90. The van der Waals surface area contributed by atoms with Crippen molar-refractivity contribution in [3.05, 3.63) is 17.7 Å². The molecule has 3 rings (SSSR count). The topological polar surface area (TPSA) is 88.2 Å². The minimum atomic E-state index is -0.218. The van der Waals surface area contributed by atoms with Crippen LogP contribution in [0.3, 0.4) is 0 Å². The standard InChI is InChI=1S/C22H31N3O5/c1-14(2)8-22(28)25-7-5-6-16(11-25)24(4)12-21(27)23-18-10-20-19(29-13-30-20)9-17(18)15(3)26/h9-10,14,16H,5-8,11-13H2,1-4H3,(H,23,27). The highest BCUT2D eigenvalue weighted by Crippen LogP contribution is 2.37. The summed E-state index contributed by atoms with van der Waals surface area (Å²) in [4.78, 5) is 41.0. The summed E-state index contributed by atoms with van der Waals surface area (Å²) >= 11 is 0. The summed E-state index contributed by atoms with van der Waals surface area (Å²) < 4.78 is 10.7. The molecule has 2 aliphatic rings. The molecule has 1 fully saturated rings. The van der Waals surface area contributed by atoms with Gasteiger partial charge in [0, 0.05) is 37.2 Å². The Bertz CT molecular complexity index is 823. The second kappa shape index (κ2) is 9.47. The molecule has 0 saturated carbocycles. The van der Waals surface area contributed by atoms with Gasteiger partial charge in [-0.05, 0) is 38.8 Å². The number of anilines is 1. The monoisotopic (exact) mass is 417 g/mol. The van der Waals surface area contributed by atoms with Crippen LogP contribution in [0.1, 0.15) is 50.4 Å². The number of nitrogens with zero attached hydrogens (tertiary/aromatic N) is 2. The third-order valence-electron chi connectivity index (χ3n) is 5.51. The predicted octanol–water partition coefficient (Wildman–Crippen LogP) is 2.53. The van der Waals surface area contributed by atoms with Gasteiger partial charge in [0.2, 0.25) is 18.6 Å². The van der Waals surface area contributed by atoms with Gasteiger partial charge in [-0.1, -0.05) is 13.8 Å². The number of ether oxygens (including phenoxy) is 2. The second-order valence-electron chi connectivity index (χ2n) is 8.50. The van der Waals surface area contributed by atoms with E-state index in [2.05, 4.69) is 5.32 Å². The lowest BCUT2D eigenvalue weighted by atomic mass is 10.0. The molecule has 0 spiro atoms. The van der Waals surface area contributed by atoms with Crippen LogP contribution in [-0.2, 0) is 9.59 Å². The maximum absolute atomic E-state index is 12.7. The summed E-state index contributed by atoms with van der Waals surface area (Å²) in [5, 5.41) is 2.83. The Kier molecular flexibility index (Phi) is 6.97. The Labute approximate surface area is 177 Å². The van der Waals surface area contributed by atoms with Crippen molar-refractivity contribution in [1.82, 2.24) is 9.80 Å². The van der Waals surface area contributed by atoms with E-state index in [1.807, 2.05) is 30.7 Å². The Morgan fingerprint density at radius 2 is 1.93 bits per heavy atom. The molecule has 1 unspecified atom stereocenters. The van der Waals surface area contributed by atoms with Crippen molar-refractivity contribution >= 4 is 23.3 Å². The van der Waals surface area contributed by atoms with E-state index in [4.69, 9.17) is 9.47 Å². The Morgan fingerprint density at radius 1 is 1.23 bits per heavy atom. The van der Waals surface area contributed by atoms with Gasteiger partial charge in [-0.15, -0.1) is 0 Å². The number of hydrogen-bond acceptors (Lipinski definition) is 6. The second-order valence-corrected chi connectivity index (χ2v) is 8.50. The summed E-state index contributed by atoms with van der Waals surface area (Å²) in [5.41, 5.74) is 0.806. The number of likely N-dealkylation sites (N-methyl/N-ethyl adjacent to an activating group) is 1. The van der Waals surface area contributed by atoms with Crippen molar-refractivity contribution in [2.24, 2.45) is 5.92 Å². The van der Waals surface area contributed by atoms with E-state index in [0.717, 1.165) is 19.4 Å². The first kappa shape index (κ1) is 22.1. The molecule has 8 heteroatoms. The van der Waals surface area contributed by atoms with Crippen LogP contribution in [0.5, 0.6) is 11.5 Å². The molecule has 0 radical (unpaired) electrons. The van der Waals surface area contributed by atoms with Gasteiger partial charge >= 0.3 is 0 Å². The summed E-state index contributed by atoms with van der Waals surface area (Å²) in [5.74, 6) is 1.14. The lowest BCUT2D eigenvalue weighted by Crippen LogP contribution is -2.50. The third-order valence-corrected chi connectivity index (χ3v) is 5.51. The highest BCUT2D eigenvalue weighted by Gasteiger charge is 2.28. The molecule has 2 amide bonds. The van der Waals surface area contributed by atoms with E-state index < -0.39 is 0 Å². The summed E-state index contributed by atoms with van der Waals surface area (Å²) in [7, 11) is 1.90. The Balaban J connectivity index is 1.61. The normalized spacial score (nSPS) is 18.1. The van der Waals surface area contributed by atoms with Gasteiger partial charge in [0.15, 0.2) is 17.3 Å². The van der Waals surface area contributed by atoms with E-state index in [-0.39, 0.29) is 37.0 Å². The summed E-state index contributed by atoms with van der Waals surface area (Å²) in [6, 6.07) is 3.36. The van der Waals surface area contributed by atoms with Crippen molar-refractivity contribution in [1.29, 1.82) is 0 Å². The van der Waals surface area contributed by atoms with Crippen molar-refractivity contribution in [3.8, 4) is 11.5 Å². The average molecular weight is 418 g/mol. The van der Waals surface area contributed by atoms with Crippen LogP contribution in [0.2, 0.25) is 0 Å². The quantitative estimate of drug-likeness (QED) is 0.686. The van der Waals surface area contributed by atoms with Crippen LogP contribution < -0.4 is 14.8 Å².